The first kappa shape index (κ1) is 14.3. The third-order valence-corrected chi connectivity index (χ3v) is 2.66. The van der Waals surface area contributed by atoms with Gasteiger partial charge in [0.05, 0.1) is 0 Å². The second-order valence-corrected chi connectivity index (χ2v) is 4.31. The molecule has 18 heavy (non-hydrogen) atoms. The Morgan fingerprint density at radius 1 is 0.778 bits per heavy atom. The summed E-state index contributed by atoms with van der Waals surface area (Å²) < 4.78 is 0. The summed E-state index contributed by atoms with van der Waals surface area (Å²) in [7, 11) is 0. The first-order chi connectivity index (χ1) is 8.77. The van der Waals surface area contributed by atoms with Crippen molar-refractivity contribution in [2.45, 2.75) is 33.6 Å². The zero-order chi connectivity index (χ0) is 13.2. The molecule has 2 rings (SSSR count). The topological polar surface area (TPSA) is 3.24 Å². The number of nitrogens with zero attached hydrogens (tertiary/aromatic N) is 1. The summed E-state index contributed by atoms with van der Waals surface area (Å²) in [5.41, 5.74) is 2.47. The van der Waals surface area contributed by atoms with Crippen molar-refractivity contribution >= 4 is 5.69 Å². The normalized spacial score (nSPS) is 12.9. The van der Waals surface area contributed by atoms with Crippen LogP contribution in [0.4, 0.5) is 5.69 Å². The van der Waals surface area contributed by atoms with Gasteiger partial charge in [-0.15, -0.1) is 0 Å². The van der Waals surface area contributed by atoms with Crippen molar-refractivity contribution in [3.05, 3.63) is 66.5 Å². The van der Waals surface area contributed by atoms with Crippen LogP contribution in [0.15, 0.2) is 61.0 Å². The van der Waals surface area contributed by atoms with Crippen LogP contribution in [0.2, 0.25) is 0 Å². The van der Waals surface area contributed by atoms with Gasteiger partial charge in [-0.05, 0) is 31.2 Å². The van der Waals surface area contributed by atoms with Gasteiger partial charge in [0.1, 0.15) is 0 Å². The van der Waals surface area contributed by atoms with Gasteiger partial charge in [-0.3, -0.25) is 0 Å². The van der Waals surface area contributed by atoms with Crippen molar-refractivity contribution in [1.82, 2.24) is 0 Å². The maximum Gasteiger partial charge on any atom is 0.0449 e. The average Bonchev–Trinajstić information content (AvgIpc) is 2.69. The molecular formula is C17H23N. The predicted octanol–water partition coefficient (Wildman–Crippen LogP) is 5.21. The van der Waals surface area contributed by atoms with E-state index in [9.17, 15) is 0 Å². The second kappa shape index (κ2) is 8.35. The molecule has 0 atom stereocenters. The van der Waals surface area contributed by atoms with E-state index in [1.165, 1.54) is 24.1 Å². The summed E-state index contributed by atoms with van der Waals surface area (Å²) in [5, 5.41) is 0. The summed E-state index contributed by atoms with van der Waals surface area (Å²) in [6.07, 6.45) is 14.8. The minimum absolute atomic E-state index is 1.19. The van der Waals surface area contributed by atoms with Crippen molar-refractivity contribution in [2.24, 2.45) is 0 Å². The zero-order valence-corrected chi connectivity index (χ0v) is 11.6. The van der Waals surface area contributed by atoms with Crippen LogP contribution < -0.4 is 4.90 Å². The minimum atomic E-state index is 1.19. The molecule has 0 aliphatic carbocycles. The van der Waals surface area contributed by atoms with Gasteiger partial charge < -0.3 is 4.90 Å². The molecule has 1 heterocycles. The monoisotopic (exact) mass is 241 g/mol. The Hall–Kier alpha value is -1.76. The number of allylic oxidation sites excluding steroid dienone is 4. The lowest BCUT2D eigenvalue weighted by Gasteiger charge is -2.14. The lowest BCUT2D eigenvalue weighted by Crippen LogP contribution is -2.05. The lowest BCUT2D eigenvalue weighted by molar-refractivity contribution is 0.886. The molecule has 0 amide bonds. The van der Waals surface area contributed by atoms with Crippen LogP contribution in [0.25, 0.3) is 0 Å². The summed E-state index contributed by atoms with van der Waals surface area (Å²) in [6, 6.07) is 8.48. The van der Waals surface area contributed by atoms with Crippen molar-refractivity contribution in [3.63, 3.8) is 0 Å². The van der Waals surface area contributed by atoms with Crippen LogP contribution >= 0.6 is 0 Å². The van der Waals surface area contributed by atoms with E-state index in [1.54, 1.807) is 0 Å². The number of aryl methyl sites for hydroxylation is 1. The van der Waals surface area contributed by atoms with Crippen molar-refractivity contribution in [1.29, 1.82) is 0 Å². The maximum absolute atomic E-state index is 2.18. The molecule has 0 saturated carbocycles. The highest BCUT2D eigenvalue weighted by Crippen LogP contribution is 2.16. The van der Waals surface area contributed by atoms with E-state index < -0.39 is 0 Å². The quantitative estimate of drug-likeness (QED) is 0.687. The van der Waals surface area contributed by atoms with E-state index in [0.29, 0.717) is 0 Å². The molecule has 1 heteroatoms. The van der Waals surface area contributed by atoms with E-state index >= 15 is 0 Å². The molecule has 96 valence electrons. The number of hydrogen-bond acceptors (Lipinski definition) is 1. The minimum Gasteiger partial charge on any atom is -0.324 e. The number of anilines is 1. The summed E-state index contributed by atoms with van der Waals surface area (Å²) in [4.78, 5) is 2.10. The van der Waals surface area contributed by atoms with Crippen LogP contribution in [0.3, 0.4) is 0 Å². The fourth-order valence-electron chi connectivity index (χ4n) is 1.35. The molecular weight excluding hydrogens is 218 g/mol. The Balaban J connectivity index is 0.000000357. The van der Waals surface area contributed by atoms with E-state index in [2.05, 4.69) is 49.9 Å². The van der Waals surface area contributed by atoms with Crippen molar-refractivity contribution < 1.29 is 0 Å². The highest BCUT2D eigenvalue weighted by Gasteiger charge is 1.98. The maximum atomic E-state index is 2.18. The second-order valence-electron chi connectivity index (χ2n) is 4.31. The molecule has 0 saturated heterocycles. The van der Waals surface area contributed by atoms with Gasteiger partial charge in [-0.25, -0.2) is 0 Å². The Morgan fingerprint density at radius 3 is 1.72 bits per heavy atom. The molecule has 0 aromatic heterocycles. The summed E-state index contributed by atoms with van der Waals surface area (Å²) >= 11 is 0. The van der Waals surface area contributed by atoms with Gasteiger partial charge in [0.15, 0.2) is 0 Å². The molecule has 0 radical (unpaired) electrons. The van der Waals surface area contributed by atoms with Gasteiger partial charge in [0.25, 0.3) is 0 Å². The first-order valence-corrected chi connectivity index (χ1v) is 6.64. The fraction of sp³-hybridized carbons (Fsp3) is 0.294. The van der Waals surface area contributed by atoms with Gasteiger partial charge in [0.2, 0.25) is 0 Å². The fourth-order valence-corrected chi connectivity index (χ4v) is 1.35. The summed E-state index contributed by atoms with van der Waals surface area (Å²) in [5.74, 6) is 0. The number of unbranched alkanes of at least 4 members (excludes halogenated alkanes) is 1. The molecule has 1 nitrogen and oxygen atoms in total. The third kappa shape index (κ3) is 5.05. The van der Waals surface area contributed by atoms with Crippen molar-refractivity contribution in [2.75, 3.05) is 4.90 Å². The largest absolute Gasteiger partial charge is 0.324 e. The number of benzene rings is 1. The predicted molar refractivity (Wildman–Crippen MR) is 81.7 cm³/mol. The average molecular weight is 241 g/mol. The molecule has 1 aromatic carbocycles. The first-order valence-electron chi connectivity index (χ1n) is 6.64. The number of hydrogen-bond donors (Lipinski definition) is 0. The van der Waals surface area contributed by atoms with Crippen LogP contribution in [-0.2, 0) is 0 Å². The molecule has 1 aliphatic heterocycles. The molecule has 0 spiro atoms. The van der Waals surface area contributed by atoms with Crippen LogP contribution in [-0.4, -0.2) is 0 Å². The van der Waals surface area contributed by atoms with Gasteiger partial charge >= 0.3 is 0 Å². The third-order valence-electron chi connectivity index (χ3n) is 2.66. The van der Waals surface area contributed by atoms with Crippen LogP contribution in [0, 0.1) is 6.92 Å². The molecule has 0 bridgehead atoms. The molecule has 0 N–H and O–H groups in total. The number of rotatable bonds is 2. The zero-order valence-electron chi connectivity index (χ0n) is 11.6. The van der Waals surface area contributed by atoms with Crippen LogP contribution in [0.1, 0.15) is 32.3 Å². The van der Waals surface area contributed by atoms with Gasteiger partial charge in [-0.1, -0.05) is 56.5 Å². The van der Waals surface area contributed by atoms with Crippen LogP contribution in [0.5, 0.6) is 0 Å². The molecule has 1 aromatic rings. The van der Waals surface area contributed by atoms with E-state index in [1.807, 2.05) is 36.7 Å². The van der Waals surface area contributed by atoms with Gasteiger partial charge in [0, 0.05) is 18.1 Å². The standard InChI is InChI=1S/C13H13N.C4H10/c1-12-6-8-13(9-7-12)14-10-4-2-3-5-11-14;1-3-4-2/h2-11H,1H3;3-4H2,1-2H3. The Bertz CT molecular complexity index is 392. The molecule has 0 unspecified atom stereocenters. The van der Waals surface area contributed by atoms with Crippen molar-refractivity contribution in [3.8, 4) is 0 Å². The Morgan fingerprint density at radius 2 is 1.28 bits per heavy atom. The highest BCUT2D eigenvalue weighted by atomic mass is 15.1. The lowest BCUT2D eigenvalue weighted by atomic mass is 10.2. The Kier molecular flexibility index (Phi) is 6.63. The molecule has 0 fully saturated rings. The highest BCUT2D eigenvalue weighted by molar-refractivity contribution is 5.54. The SMILES string of the molecule is CCCC.Cc1ccc(N2C=CC=CC=C2)cc1. The van der Waals surface area contributed by atoms with E-state index in [0.717, 1.165) is 0 Å². The summed E-state index contributed by atoms with van der Waals surface area (Å²) in [6.45, 7) is 6.46. The smallest absolute Gasteiger partial charge is 0.0449 e. The van der Waals surface area contributed by atoms with E-state index in [-0.39, 0.29) is 0 Å². The molecule has 1 aliphatic rings. The van der Waals surface area contributed by atoms with E-state index in [4.69, 9.17) is 0 Å². The Labute approximate surface area is 111 Å². The van der Waals surface area contributed by atoms with Gasteiger partial charge in [-0.2, -0.15) is 0 Å².